The van der Waals surface area contributed by atoms with Crippen molar-refractivity contribution in [1.82, 2.24) is 9.97 Å². The Hall–Kier alpha value is -0.810. The van der Waals surface area contributed by atoms with Crippen LogP contribution in [0, 0.1) is 0 Å². The number of hydrogen-bond acceptors (Lipinski definition) is 5. The maximum Gasteiger partial charge on any atom is 0.131 e. The molecule has 76 valence electrons. The highest BCUT2D eigenvalue weighted by Crippen LogP contribution is 2.31. The van der Waals surface area contributed by atoms with Crippen molar-refractivity contribution in [2.45, 2.75) is 24.3 Å². The van der Waals surface area contributed by atoms with Crippen molar-refractivity contribution in [3.8, 4) is 0 Å². The molecule has 2 rings (SSSR count). The van der Waals surface area contributed by atoms with Gasteiger partial charge in [0.05, 0.1) is 5.69 Å². The van der Waals surface area contributed by atoms with Gasteiger partial charge in [-0.1, -0.05) is 0 Å². The molecule has 1 aromatic rings. The largest absolute Gasteiger partial charge is 0.383 e. The van der Waals surface area contributed by atoms with Gasteiger partial charge in [-0.3, -0.25) is 0 Å². The van der Waals surface area contributed by atoms with E-state index in [-0.39, 0.29) is 0 Å². The fraction of sp³-hybridized carbons (Fsp3) is 0.556. The molecular weight excluding hydrogens is 196 g/mol. The second-order valence-electron chi connectivity index (χ2n) is 3.34. The SMILES string of the molecule is NCCCc1nc(N)c2c(n1)CSC2. The predicted octanol–water partition coefficient (Wildman–Crippen LogP) is 0.697. The lowest BCUT2D eigenvalue weighted by Gasteiger charge is -2.05. The summed E-state index contributed by atoms with van der Waals surface area (Å²) in [5.41, 5.74) is 13.5. The Kier molecular flexibility index (Phi) is 2.88. The summed E-state index contributed by atoms with van der Waals surface area (Å²) in [5, 5.41) is 0. The topological polar surface area (TPSA) is 77.8 Å². The molecule has 4 N–H and O–H groups in total. The molecule has 0 bridgehead atoms. The number of anilines is 1. The van der Waals surface area contributed by atoms with E-state index in [9.17, 15) is 0 Å². The van der Waals surface area contributed by atoms with Gasteiger partial charge in [-0.05, 0) is 13.0 Å². The molecular formula is C9H14N4S. The smallest absolute Gasteiger partial charge is 0.131 e. The molecule has 2 heterocycles. The van der Waals surface area contributed by atoms with Crippen molar-refractivity contribution in [1.29, 1.82) is 0 Å². The van der Waals surface area contributed by atoms with Gasteiger partial charge < -0.3 is 11.5 Å². The van der Waals surface area contributed by atoms with Crippen LogP contribution < -0.4 is 11.5 Å². The zero-order valence-corrected chi connectivity index (χ0v) is 8.81. The van der Waals surface area contributed by atoms with Crippen LogP contribution in [-0.4, -0.2) is 16.5 Å². The van der Waals surface area contributed by atoms with Crippen LogP contribution in [0.1, 0.15) is 23.5 Å². The molecule has 1 aromatic heterocycles. The number of fused-ring (bicyclic) bond motifs is 1. The van der Waals surface area contributed by atoms with E-state index in [1.807, 2.05) is 11.8 Å². The van der Waals surface area contributed by atoms with Gasteiger partial charge in [-0.2, -0.15) is 11.8 Å². The van der Waals surface area contributed by atoms with Crippen molar-refractivity contribution in [3.63, 3.8) is 0 Å². The summed E-state index contributed by atoms with van der Waals surface area (Å²) >= 11 is 1.84. The molecule has 4 nitrogen and oxygen atoms in total. The van der Waals surface area contributed by atoms with Crippen LogP contribution in [0.3, 0.4) is 0 Å². The fourth-order valence-corrected chi connectivity index (χ4v) is 2.55. The van der Waals surface area contributed by atoms with E-state index in [1.54, 1.807) is 0 Å². The number of thioether (sulfide) groups is 1. The highest BCUT2D eigenvalue weighted by Gasteiger charge is 2.17. The Morgan fingerprint density at radius 2 is 2.14 bits per heavy atom. The number of nitrogen functional groups attached to an aromatic ring is 1. The van der Waals surface area contributed by atoms with Crippen molar-refractivity contribution in [3.05, 3.63) is 17.1 Å². The maximum atomic E-state index is 5.85. The lowest BCUT2D eigenvalue weighted by Crippen LogP contribution is -2.08. The van der Waals surface area contributed by atoms with Gasteiger partial charge in [-0.15, -0.1) is 0 Å². The molecule has 0 saturated carbocycles. The van der Waals surface area contributed by atoms with E-state index in [1.165, 1.54) is 0 Å². The van der Waals surface area contributed by atoms with Gasteiger partial charge in [0.25, 0.3) is 0 Å². The van der Waals surface area contributed by atoms with E-state index < -0.39 is 0 Å². The minimum atomic E-state index is 0.659. The summed E-state index contributed by atoms with van der Waals surface area (Å²) in [6.07, 6.45) is 1.75. The fourth-order valence-electron chi connectivity index (χ4n) is 1.50. The molecule has 0 aliphatic carbocycles. The summed E-state index contributed by atoms with van der Waals surface area (Å²) in [5.74, 6) is 3.43. The molecule has 14 heavy (non-hydrogen) atoms. The van der Waals surface area contributed by atoms with Crippen LogP contribution in [0.4, 0.5) is 5.82 Å². The Morgan fingerprint density at radius 1 is 1.29 bits per heavy atom. The molecule has 1 aliphatic rings. The molecule has 0 spiro atoms. The van der Waals surface area contributed by atoms with Crippen LogP contribution in [0.2, 0.25) is 0 Å². The summed E-state index contributed by atoms with van der Waals surface area (Å²) in [7, 11) is 0. The molecule has 0 unspecified atom stereocenters. The van der Waals surface area contributed by atoms with E-state index >= 15 is 0 Å². The Labute approximate surface area is 87.5 Å². The highest BCUT2D eigenvalue weighted by molar-refractivity contribution is 7.98. The number of nitrogens with two attached hydrogens (primary N) is 2. The highest BCUT2D eigenvalue weighted by atomic mass is 32.2. The minimum absolute atomic E-state index is 0.659. The molecule has 0 fully saturated rings. The van der Waals surface area contributed by atoms with Crippen LogP contribution in [0.25, 0.3) is 0 Å². The van der Waals surface area contributed by atoms with Crippen molar-refractivity contribution < 1.29 is 0 Å². The number of rotatable bonds is 3. The standard InChI is InChI=1S/C9H14N4S/c10-3-1-2-8-12-7-5-14-4-6(7)9(11)13-8/h1-5,10H2,(H2,11,12,13). The summed E-state index contributed by atoms with van der Waals surface area (Å²) < 4.78 is 0. The van der Waals surface area contributed by atoms with Crippen LogP contribution in [-0.2, 0) is 17.9 Å². The zero-order chi connectivity index (χ0) is 9.97. The first-order valence-corrected chi connectivity index (χ1v) is 5.88. The van der Waals surface area contributed by atoms with Gasteiger partial charge in [0.2, 0.25) is 0 Å². The van der Waals surface area contributed by atoms with E-state index in [2.05, 4.69) is 9.97 Å². The molecule has 0 amide bonds. The average Bonchev–Trinajstić information content (AvgIpc) is 2.63. The average molecular weight is 210 g/mol. The third-order valence-corrected chi connectivity index (χ3v) is 3.23. The number of hydrogen-bond donors (Lipinski definition) is 2. The third kappa shape index (κ3) is 1.83. The predicted molar refractivity (Wildman–Crippen MR) is 58.8 cm³/mol. The number of aryl methyl sites for hydroxylation is 1. The Bertz CT molecular complexity index is 340. The molecule has 0 radical (unpaired) electrons. The first kappa shape index (κ1) is 9.73. The van der Waals surface area contributed by atoms with Crippen molar-refractivity contribution >= 4 is 17.6 Å². The maximum absolute atomic E-state index is 5.85. The lowest BCUT2D eigenvalue weighted by molar-refractivity contribution is 0.775. The van der Waals surface area contributed by atoms with Crippen molar-refractivity contribution in [2.24, 2.45) is 5.73 Å². The second-order valence-corrected chi connectivity index (χ2v) is 4.32. The molecule has 1 aliphatic heterocycles. The van der Waals surface area contributed by atoms with Gasteiger partial charge in [0.1, 0.15) is 11.6 Å². The quantitative estimate of drug-likeness (QED) is 0.767. The Morgan fingerprint density at radius 3 is 2.93 bits per heavy atom. The van der Waals surface area contributed by atoms with Crippen LogP contribution in [0.15, 0.2) is 0 Å². The lowest BCUT2D eigenvalue weighted by atomic mass is 10.2. The molecule has 0 saturated heterocycles. The van der Waals surface area contributed by atoms with Gasteiger partial charge in [0.15, 0.2) is 0 Å². The van der Waals surface area contributed by atoms with E-state index in [0.29, 0.717) is 12.4 Å². The first-order valence-electron chi connectivity index (χ1n) is 4.73. The van der Waals surface area contributed by atoms with E-state index in [0.717, 1.165) is 41.4 Å². The van der Waals surface area contributed by atoms with E-state index in [4.69, 9.17) is 11.5 Å². The zero-order valence-electron chi connectivity index (χ0n) is 7.99. The van der Waals surface area contributed by atoms with Gasteiger partial charge >= 0.3 is 0 Å². The van der Waals surface area contributed by atoms with Gasteiger partial charge in [0, 0.05) is 23.5 Å². The molecule has 0 aromatic carbocycles. The summed E-state index contributed by atoms with van der Waals surface area (Å²) in [6.45, 7) is 0.676. The summed E-state index contributed by atoms with van der Waals surface area (Å²) in [6, 6.07) is 0. The normalized spacial score (nSPS) is 14.4. The number of nitrogens with zero attached hydrogens (tertiary/aromatic N) is 2. The Balaban J connectivity index is 2.23. The third-order valence-electron chi connectivity index (χ3n) is 2.26. The first-order chi connectivity index (χ1) is 6.81. The summed E-state index contributed by atoms with van der Waals surface area (Å²) in [4.78, 5) is 8.76. The number of aromatic nitrogens is 2. The van der Waals surface area contributed by atoms with Gasteiger partial charge in [-0.25, -0.2) is 9.97 Å². The molecule has 5 heteroatoms. The van der Waals surface area contributed by atoms with Crippen LogP contribution >= 0.6 is 11.8 Å². The van der Waals surface area contributed by atoms with Crippen molar-refractivity contribution in [2.75, 3.05) is 12.3 Å². The van der Waals surface area contributed by atoms with Crippen LogP contribution in [0.5, 0.6) is 0 Å². The minimum Gasteiger partial charge on any atom is -0.383 e. The monoisotopic (exact) mass is 210 g/mol. The second kappa shape index (κ2) is 4.14. The molecule has 0 atom stereocenters.